The summed E-state index contributed by atoms with van der Waals surface area (Å²) in [6.07, 6.45) is 3.57. The molecule has 3 nitrogen and oxygen atoms in total. The van der Waals surface area contributed by atoms with Crippen LogP contribution in [0.4, 0.5) is 0 Å². The topological polar surface area (TPSA) is 34.1 Å². The normalized spacial score (nSPS) is 19.3. The number of methoxy groups -OCH3 is 1. The van der Waals surface area contributed by atoms with Gasteiger partial charge in [0.1, 0.15) is 5.01 Å². The molecular formula is C13H22N2OS. The zero-order chi connectivity index (χ0) is 12.5. The van der Waals surface area contributed by atoms with Gasteiger partial charge in [0, 0.05) is 24.6 Å². The summed E-state index contributed by atoms with van der Waals surface area (Å²) in [5, 5.41) is 4.93. The van der Waals surface area contributed by atoms with E-state index in [-0.39, 0.29) is 5.54 Å². The Morgan fingerprint density at radius 3 is 2.65 bits per heavy atom. The zero-order valence-corrected chi connectivity index (χ0v) is 12.0. The highest BCUT2D eigenvalue weighted by molar-refractivity contribution is 7.11. The molecule has 96 valence electrons. The summed E-state index contributed by atoms with van der Waals surface area (Å²) < 4.78 is 5.23. The van der Waals surface area contributed by atoms with Gasteiger partial charge >= 0.3 is 0 Å². The molecule has 1 aromatic heterocycles. The van der Waals surface area contributed by atoms with Crippen molar-refractivity contribution < 1.29 is 4.74 Å². The van der Waals surface area contributed by atoms with Crippen LogP contribution in [0, 0.1) is 13.8 Å². The summed E-state index contributed by atoms with van der Waals surface area (Å²) in [6.45, 7) is 7.25. The second kappa shape index (κ2) is 5.04. The van der Waals surface area contributed by atoms with Crippen LogP contribution >= 0.6 is 11.3 Å². The molecule has 0 spiro atoms. The highest BCUT2D eigenvalue weighted by atomic mass is 32.1. The molecule has 0 aliphatic heterocycles. The fourth-order valence-corrected chi connectivity index (χ4v) is 2.99. The minimum atomic E-state index is -0.0269. The minimum absolute atomic E-state index is 0.0269. The van der Waals surface area contributed by atoms with Crippen LogP contribution in [-0.2, 0) is 10.3 Å². The van der Waals surface area contributed by atoms with Gasteiger partial charge in [0.15, 0.2) is 0 Å². The van der Waals surface area contributed by atoms with Gasteiger partial charge in [-0.2, -0.15) is 0 Å². The van der Waals surface area contributed by atoms with Crippen LogP contribution in [0.3, 0.4) is 0 Å². The molecule has 0 amide bonds. The van der Waals surface area contributed by atoms with Crippen molar-refractivity contribution in [2.45, 2.75) is 51.6 Å². The smallest absolute Gasteiger partial charge is 0.113 e. The van der Waals surface area contributed by atoms with Crippen molar-refractivity contribution in [2.75, 3.05) is 13.7 Å². The lowest BCUT2D eigenvalue weighted by molar-refractivity contribution is 0.158. The summed E-state index contributed by atoms with van der Waals surface area (Å²) in [5.74, 6) is 0. The summed E-state index contributed by atoms with van der Waals surface area (Å²) in [5.41, 5.74) is 1.13. The third-order valence-corrected chi connectivity index (χ3v) is 4.74. The van der Waals surface area contributed by atoms with Gasteiger partial charge in [0.05, 0.1) is 11.2 Å². The lowest BCUT2D eigenvalue weighted by atomic mass is 9.99. The molecule has 1 N–H and O–H groups in total. The molecular weight excluding hydrogens is 232 g/mol. The largest absolute Gasteiger partial charge is 0.385 e. The fraction of sp³-hybridized carbons (Fsp3) is 0.769. The number of nitrogens with zero attached hydrogens (tertiary/aromatic N) is 1. The maximum absolute atomic E-state index is 5.23. The van der Waals surface area contributed by atoms with Crippen LogP contribution in [0.2, 0.25) is 0 Å². The van der Waals surface area contributed by atoms with Gasteiger partial charge in [-0.05, 0) is 40.0 Å². The van der Waals surface area contributed by atoms with Crippen molar-refractivity contribution in [3.8, 4) is 0 Å². The predicted octanol–water partition coefficient (Wildman–Crippen LogP) is 2.76. The monoisotopic (exact) mass is 254 g/mol. The Kier molecular flexibility index (Phi) is 3.85. The molecule has 1 aliphatic carbocycles. The molecule has 1 fully saturated rings. The first-order valence-electron chi connectivity index (χ1n) is 6.26. The number of aryl methyl sites for hydroxylation is 2. The number of rotatable bonds is 6. The summed E-state index contributed by atoms with van der Waals surface area (Å²) in [7, 11) is 1.76. The van der Waals surface area contributed by atoms with Crippen LogP contribution in [0.25, 0.3) is 0 Å². The Balaban J connectivity index is 2.17. The lowest BCUT2D eigenvalue weighted by Gasteiger charge is -2.29. The maximum atomic E-state index is 5.23. The van der Waals surface area contributed by atoms with Gasteiger partial charge in [0.2, 0.25) is 0 Å². The second-order valence-corrected chi connectivity index (χ2v) is 6.36. The van der Waals surface area contributed by atoms with Crippen molar-refractivity contribution >= 4 is 11.3 Å². The third kappa shape index (κ3) is 3.06. The summed E-state index contributed by atoms with van der Waals surface area (Å²) in [6, 6.07) is 0.682. The van der Waals surface area contributed by atoms with Gasteiger partial charge in [0.25, 0.3) is 0 Å². The van der Waals surface area contributed by atoms with Crippen molar-refractivity contribution in [3.05, 3.63) is 15.6 Å². The van der Waals surface area contributed by atoms with Gasteiger partial charge in [-0.25, -0.2) is 4.98 Å². The molecule has 1 aromatic rings. The van der Waals surface area contributed by atoms with Crippen LogP contribution in [-0.4, -0.2) is 24.7 Å². The Bertz CT molecular complexity index is 367. The van der Waals surface area contributed by atoms with E-state index in [0.29, 0.717) is 6.04 Å². The molecule has 0 aromatic carbocycles. The molecule has 0 saturated heterocycles. The number of hydrogen-bond acceptors (Lipinski definition) is 4. The van der Waals surface area contributed by atoms with Gasteiger partial charge in [-0.1, -0.05) is 0 Å². The Morgan fingerprint density at radius 2 is 2.18 bits per heavy atom. The standard InChI is InChI=1S/C13H22N2OS/c1-9-10(2)17-12(14-9)13(3,7-8-16-4)15-11-5-6-11/h11,15H,5-8H2,1-4H3. The van der Waals surface area contributed by atoms with E-state index >= 15 is 0 Å². The minimum Gasteiger partial charge on any atom is -0.385 e. The average Bonchev–Trinajstić information content (AvgIpc) is 3.02. The Morgan fingerprint density at radius 1 is 1.47 bits per heavy atom. The van der Waals surface area contributed by atoms with E-state index in [9.17, 15) is 0 Å². The molecule has 1 atom stereocenters. The number of nitrogens with one attached hydrogen (secondary N) is 1. The first kappa shape index (κ1) is 13.0. The Hall–Kier alpha value is -0.450. The highest BCUT2D eigenvalue weighted by Gasteiger charge is 2.35. The SMILES string of the molecule is COCCC(C)(NC1CC1)c1nc(C)c(C)s1. The van der Waals surface area contributed by atoms with Crippen LogP contribution in [0.1, 0.15) is 41.8 Å². The molecule has 1 aliphatic rings. The number of aromatic nitrogens is 1. The van der Waals surface area contributed by atoms with E-state index in [1.54, 1.807) is 7.11 Å². The van der Waals surface area contributed by atoms with Gasteiger partial charge < -0.3 is 10.1 Å². The van der Waals surface area contributed by atoms with E-state index in [2.05, 4.69) is 26.1 Å². The molecule has 17 heavy (non-hydrogen) atoms. The van der Waals surface area contributed by atoms with Crippen molar-refractivity contribution in [1.29, 1.82) is 0 Å². The Labute approximate surface area is 108 Å². The number of hydrogen-bond donors (Lipinski definition) is 1. The second-order valence-electron chi connectivity index (χ2n) is 5.15. The quantitative estimate of drug-likeness (QED) is 0.847. The fourth-order valence-electron chi connectivity index (χ4n) is 1.93. The molecule has 2 rings (SSSR count). The molecule has 1 heterocycles. The van der Waals surface area contributed by atoms with E-state index in [1.807, 2.05) is 11.3 Å². The first-order valence-corrected chi connectivity index (χ1v) is 7.08. The zero-order valence-electron chi connectivity index (χ0n) is 11.2. The van der Waals surface area contributed by atoms with Crippen molar-refractivity contribution in [3.63, 3.8) is 0 Å². The summed E-state index contributed by atoms with van der Waals surface area (Å²) in [4.78, 5) is 6.04. The van der Waals surface area contributed by atoms with E-state index in [4.69, 9.17) is 9.72 Å². The molecule has 4 heteroatoms. The van der Waals surface area contributed by atoms with Crippen LogP contribution in [0.5, 0.6) is 0 Å². The highest BCUT2D eigenvalue weighted by Crippen LogP contribution is 2.34. The van der Waals surface area contributed by atoms with Crippen LogP contribution < -0.4 is 5.32 Å². The average molecular weight is 254 g/mol. The molecule has 1 saturated carbocycles. The molecule has 0 bridgehead atoms. The van der Waals surface area contributed by atoms with Crippen LogP contribution in [0.15, 0.2) is 0 Å². The third-order valence-electron chi connectivity index (χ3n) is 3.41. The first-order chi connectivity index (χ1) is 8.05. The number of thiazole rings is 1. The predicted molar refractivity (Wildman–Crippen MR) is 71.6 cm³/mol. The maximum Gasteiger partial charge on any atom is 0.113 e. The molecule has 0 radical (unpaired) electrons. The lowest BCUT2D eigenvalue weighted by Crippen LogP contribution is -2.41. The van der Waals surface area contributed by atoms with Crippen molar-refractivity contribution in [2.24, 2.45) is 0 Å². The van der Waals surface area contributed by atoms with E-state index < -0.39 is 0 Å². The van der Waals surface area contributed by atoms with Crippen molar-refractivity contribution in [1.82, 2.24) is 10.3 Å². The van der Waals surface area contributed by atoms with E-state index in [1.165, 1.54) is 22.7 Å². The van der Waals surface area contributed by atoms with E-state index in [0.717, 1.165) is 18.7 Å². The summed E-state index contributed by atoms with van der Waals surface area (Å²) >= 11 is 1.81. The van der Waals surface area contributed by atoms with Gasteiger partial charge in [-0.15, -0.1) is 11.3 Å². The molecule has 1 unspecified atom stereocenters. The number of ether oxygens (including phenoxy) is 1. The van der Waals surface area contributed by atoms with Gasteiger partial charge in [-0.3, -0.25) is 0 Å².